The van der Waals surface area contributed by atoms with Crippen LogP contribution in [0, 0.1) is 6.92 Å². The number of ether oxygens (including phenoxy) is 1. The van der Waals surface area contributed by atoms with E-state index in [2.05, 4.69) is 36.5 Å². The van der Waals surface area contributed by atoms with Gasteiger partial charge in [0.15, 0.2) is 0 Å². The predicted molar refractivity (Wildman–Crippen MR) is 73.6 cm³/mol. The van der Waals surface area contributed by atoms with Gasteiger partial charge >= 0.3 is 0 Å². The lowest BCUT2D eigenvalue weighted by Gasteiger charge is -2.28. The first-order valence-electron chi connectivity index (χ1n) is 6.19. The van der Waals surface area contributed by atoms with Crippen LogP contribution >= 0.6 is 11.3 Å². The van der Waals surface area contributed by atoms with Gasteiger partial charge < -0.3 is 10.1 Å². The second kappa shape index (κ2) is 6.47. The number of nitrogens with one attached hydrogen (secondary N) is 1. The molecule has 1 aromatic rings. The van der Waals surface area contributed by atoms with Gasteiger partial charge in [0.2, 0.25) is 0 Å². The molecule has 1 heterocycles. The van der Waals surface area contributed by atoms with Crippen LogP contribution in [0.4, 0.5) is 0 Å². The fourth-order valence-corrected chi connectivity index (χ4v) is 2.54. The zero-order valence-electron chi connectivity index (χ0n) is 11.5. The SMILES string of the molecule is CCCNC(CC(C)(C)OC)c1nc(C)cs1. The summed E-state index contributed by atoms with van der Waals surface area (Å²) in [6, 6.07) is 0.295. The molecule has 0 radical (unpaired) electrons. The van der Waals surface area contributed by atoms with Crippen LogP contribution in [0.2, 0.25) is 0 Å². The van der Waals surface area contributed by atoms with Crippen molar-refractivity contribution in [3.05, 3.63) is 16.1 Å². The van der Waals surface area contributed by atoms with Gasteiger partial charge in [0, 0.05) is 18.2 Å². The van der Waals surface area contributed by atoms with Gasteiger partial charge in [-0.3, -0.25) is 0 Å². The number of methoxy groups -OCH3 is 1. The molecular formula is C13H24N2OS. The summed E-state index contributed by atoms with van der Waals surface area (Å²) in [5.74, 6) is 0. The van der Waals surface area contributed by atoms with E-state index in [0.29, 0.717) is 6.04 Å². The highest BCUT2D eigenvalue weighted by molar-refractivity contribution is 7.09. The molecule has 4 heteroatoms. The van der Waals surface area contributed by atoms with Crippen LogP contribution in [0.5, 0.6) is 0 Å². The number of hydrogen-bond acceptors (Lipinski definition) is 4. The molecule has 0 aliphatic heterocycles. The molecule has 0 bridgehead atoms. The predicted octanol–water partition coefficient (Wildman–Crippen LogP) is 3.31. The number of hydrogen-bond donors (Lipinski definition) is 1. The Morgan fingerprint density at radius 2 is 2.24 bits per heavy atom. The third-order valence-corrected chi connectivity index (χ3v) is 3.90. The second-order valence-corrected chi connectivity index (χ2v) is 5.89. The first kappa shape index (κ1) is 14.6. The molecule has 17 heavy (non-hydrogen) atoms. The third-order valence-electron chi connectivity index (χ3n) is 2.82. The summed E-state index contributed by atoms with van der Waals surface area (Å²) in [4.78, 5) is 4.58. The van der Waals surface area contributed by atoms with E-state index in [4.69, 9.17) is 4.74 Å². The maximum atomic E-state index is 5.51. The number of nitrogens with zero attached hydrogens (tertiary/aromatic N) is 1. The van der Waals surface area contributed by atoms with Crippen LogP contribution in [0.3, 0.4) is 0 Å². The maximum Gasteiger partial charge on any atom is 0.110 e. The van der Waals surface area contributed by atoms with Crippen molar-refractivity contribution in [3.63, 3.8) is 0 Å². The van der Waals surface area contributed by atoms with Crippen LogP contribution in [0.15, 0.2) is 5.38 Å². The molecule has 0 spiro atoms. The zero-order chi connectivity index (χ0) is 12.9. The van der Waals surface area contributed by atoms with Crippen molar-refractivity contribution in [3.8, 4) is 0 Å². The van der Waals surface area contributed by atoms with Gasteiger partial charge in [0.1, 0.15) is 5.01 Å². The average Bonchev–Trinajstić information content (AvgIpc) is 2.71. The van der Waals surface area contributed by atoms with E-state index in [1.807, 2.05) is 6.92 Å². The number of aryl methyl sites for hydroxylation is 1. The fraction of sp³-hybridized carbons (Fsp3) is 0.769. The van der Waals surface area contributed by atoms with Crippen LogP contribution in [0.25, 0.3) is 0 Å². The van der Waals surface area contributed by atoms with Crippen molar-refractivity contribution in [1.29, 1.82) is 0 Å². The van der Waals surface area contributed by atoms with E-state index in [1.165, 1.54) is 5.01 Å². The standard InChI is InChI=1S/C13H24N2OS/c1-6-7-14-11(8-13(3,4)16-5)12-15-10(2)9-17-12/h9,11,14H,6-8H2,1-5H3. The Kier molecular flexibility index (Phi) is 5.56. The van der Waals surface area contributed by atoms with E-state index in [9.17, 15) is 0 Å². The maximum absolute atomic E-state index is 5.51. The summed E-state index contributed by atoms with van der Waals surface area (Å²) in [5, 5.41) is 6.83. The van der Waals surface area contributed by atoms with E-state index in [1.54, 1.807) is 18.4 Å². The van der Waals surface area contributed by atoms with Gasteiger partial charge in [0.25, 0.3) is 0 Å². The van der Waals surface area contributed by atoms with Crippen molar-refractivity contribution in [1.82, 2.24) is 10.3 Å². The van der Waals surface area contributed by atoms with E-state index < -0.39 is 0 Å². The third kappa shape index (κ3) is 4.74. The molecule has 3 nitrogen and oxygen atoms in total. The molecule has 98 valence electrons. The molecule has 1 unspecified atom stereocenters. The van der Waals surface area contributed by atoms with Gasteiger partial charge in [-0.1, -0.05) is 6.92 Å². The smallest absolute Gasteiger partial charge is 0.110 e. The van der Waals surface area contributed by atoms with Gasteiger partial charge in [-0.15, -0.1) is 11.3 Å². The quantitative estimate of drug-likeness (QED) is 0.812. The Morgan fingerprint density at radius 3 is 2.71 bits per heavy atom. The van der Waals surface area contributed by atoms with Crippen LogP contribution < -0.4 is 5.32 Å². The van der Waals surface area contributed by atoms with Gasteiger partial charge in [-0.2, -0.15) is 0 Å². The first-order valence-corrected chi connectivity index (χ1v) is 7.07. The lowest BCUT2D eigenvalue weighted by Crippen LogP contribution is -2.32. The Bertz CT molecular complexity index is 336. The van der Waals surface area contributed by atoms with Crippen molar-refractivity contribution in [2.45, 2.75) is 52.2 Å². The average molecular weight is 256 g/mol. The normalized spacial score (nSPS) is 13.9. The van der Waals surface area contributed by atoms with Crippen LogP contribution in [0.1, 0.15) is 50.4 Å². The minimum Gasteiger partial charge on any atom is -0.379 e. The summed E-state index contributed by atoms with van der Waals surface area (Å²) in [6.45, 7) is 9.47. The number of thiazole rings is 1. The highest BCUT2D eigenvalue weighted by atomic mass is 32.1. The molecule has 1 atom stereocenters. The molecule has 1 aromatic heterocycles. The van der Waals surface area contributed by atoms with E-state index in [0.717, 1.165) is 25.1 Å². The molecule has 0 aliphatic carbocycles. The van der Waals surface area contributed by atoms with Crippen molar-refractivity contribution >= 4 is 11.3 Å². The number of aromatic nitrogens is 1. The fourth-order valence-electron chi connectivity index (χ4n) is 1.67. The molecular weight excluding hydrogens is 232 g/mol. The lowest BCUT2D eigenvalue weighted by atomic mass is 9.99. The van der Waals surface area contributed by atoms with Gasteiger partial charge in [0.05, 0.1) is 11.6 Å². The summed E-state index contributed by atoms with van der Waals surface area (Å²) in [7, 11) is 1.77. The second-order valence-electron chi connectivity index (χ2n) is 5.00. The zero-order valence-corrected chi connectivity index (χ0v) is 12.4. The van der Waals surface area contributed by atoms with Crippen molar-refractivity contribution < 1.29 is 4.74 Å². The number of rotatable bonds is 7. The molecule has 0 fully saturated rings. The largest absolute Gasteiger partial charge is 0.379 e. The molecule has 0 saturated carbocycles. The molecule has 0 aliphatic rings. The van der Waals surface area contributed by atoms with Crippen molar-refractivity contribution in [2.75, 3.05) is 13.7 Å². The highest BCUT2D eigenvalue weighted by Crippen LogP contribution is 2.28. The van der Waals surface area contributed by atoms with E-state index in [-0.39, 0.29) is 5.60 Å². The Hall–Kier alpha value is -0.450. The van der Waals surface area contributed by atoms with Gasteiger partial charge in [-0.05, 0) is 40.2 Å². The monoisotopic (exact) mass is 256 g/mol. The lowest BCUT2D eigenvalue weighted by molar-refractivity contribution is 0.00682. The summed E-state index contributed by atoms with van der Waals surface area (Å²) in [6.07, 6.45) is 2.07. The minimum atomic E-state index is -0.120. The molecule has 0 amide bonds. The molecule has 0 aromatic carbocycles. The Labute approximate surface area is 109 Å². The topological polar surface area (TPSA) is 34.1 Å². The van der Waals surface area contributed by atoms with Gasteiger partial charge in [-0.25, -0.2) is 4.98 Å². The molecule has 0 saturated heterocycles. The molecule has 1 rings (SSSR count). The van der Waals surface area contributed by atoms with E-state index >= 15 is 0 Å². The first-order chi connectivity index (χ1) is 7.98. The van der Waals surface area contributed by atoms with Crippen LogP contribution in [-0.2, 0) is 4.74 Å². The molecule has 1 N–H and O–H groups in total. The summed E-state index contributed by atoms with van der Waals surface area (Å²) < 4.78 is 5.51. The summed E-state index contributed by atoms with van der Waals surface area (Å²) in [5.41, 5.74) is 0.980. The van der Waals surface area contributed by atoms with Crippen molar-refractivity contribution in [2.24, 2.45) is 0 Å². The highest BCUT2D eigenvalue weighted by Gasteiger charge is 2.25. The summed E-state index contributed by atoms with van der Waals surface area (Å²) >= 11 is 1.73. The Morgan fingerprint density at radius 1 is 1.53 bits per heavy atom. The Balaban J connectivity index is 2.73. The minimum absolute atomic E-state index is 0.120. The van der Waals surface area contributed by atoms with Crippen LogP contribution in [-0.4, -0.2) is 24.2 Å².